The van der Waals surface area contributed by atoms with Gasteiger partial charge in [-0.25, -0.2) is 9.78 Å². The molecular weight excluding hydrogens is 316 g/mol. The maximum atomic E-state index is 12.0. The molecule has 0 aliphatic carbocycles. The van der Waals surface area contributed by atoms with Gasteiger partial charge in [0.25, 0.3) is 10.2 Å². The number of aryl methyl sites for hydroxylation is 1. The van der Waals surface area contributed by atoms with E-state index in [0.717, 1.165) is 0 Å². The highest BCUT2D eigenvalue weighted by Gasteiger charge is 2.30. The lowest BCUT2D eigenvalue weighted by atomic mass is 10.4. The summed E-state index contributed by atoms with van der Waals surface area (Å²) in [6, 6.07) is 0. The average Bonchev–Trinajstić information content (AvgIpc) is 2.81. The van der Waals surface area contributed by atoms with Crippen molar-refractivity contribution >= 4 is 32.6 Å². The SMILES string of the molecule is Cc1sc(N2CCN(S(=O)(=O)N(C)C)CC2)nc1C(=O)O. The topological polar surface area (TPSA) is 94.1 Å². The molecule has 1 aromatic heterocycles. The van der Waals surface area contributed by atoms with Crippen molar-refractivity contribution in [3.63, 3.8) is 0 Å². The molecular formula is C11H18N4O4S2. The molecule has 0 saturated carbocycles. The van der Waals surface area contributed by atoms with Gasteiger partial charge in [-0.05, 0) is 6.92 Å². The van der Waals surface area contributed by atoms with E-state index < -0.39 is 16.2 Å². The van der Waals surface area contributed by atoms with E-state index >= 15 is 0 Å². The van der Waals surface area contributed by atoms with E-state index in [1.54, 1.807) is 6.92 Å². The highest BCUT2D eigenvalue weighted by atomic mass is 32.2. The molecule has 0 unspecified atom stereocenters. The molecule has 1 N–H and O–H groups in total. The first-order valence-electron chi connectivity index (χ1n) is 6.36. The van der Waals surface area contributed by atoms with Crippen LogP contribution in [0.25, 0.3) is 0 Å². The first kappa shape index (κ1) is 16.1. The Bertz CT molecular complexity index is 633. The summed E-state index contributed by atoms with van der Waals surface area (Å²) in [6.45, 7) is 3.44. The molecule has 0 aromatic carbocycles. The third-order valence-electron chi connectivity index (χ3n) is 3.28. The standard InChI is InChI=1S/C11H18N4O4S2/c1-8-9(10(16)17)12-11(20-8)14-4-6-15(7-5-14)21(18,19)13(2)3/h4-7H2,1-3H3,(H,16,17). The van der Waals surface area contributed by atoms with Crippen molar-refractivity contribution in [3.8, 4) is 0 Å². The van der Waals surface area contributed by atoms with Gasteiger partial charge in [0, 0.05) is 45.2 Å². The summed E-state index contributed by atoms with van der Waals surface area (Å²) >= 11 is 1.32. The number of anilines is 1. The summed E-state index contributed by atoms with van der Waals surface area (Å²) in [5.41, 5.74) is 0.0679. The van der Waals surface area contributed by atoms with E-state index in [2.05, 4.69) is 4.98 Å². The molecule has 10 heteroatoms. The number of piperazine rings is 1. The van der Waals surface area contributed by atoms with E-state index in [0.29, 0.717) is 36.2 Å². The monoisotopic (exact) mass is 334 g/mol. The summed E-state index contributed by atoms with van der Waals surface area (Å²) in [4.78, 5) is 17.7. The molecule has 0 amide bonds. The van der Waals surface area contributed by atoms with Crippen LogP contribution in [0.4, 0.5) is 5.13 Å². The zero-order chi connectivity index (χ0) is 15.8. The Morgan fingerprint density at radius 1 is 1.29 bits per heavy atom. The van der Waals surface area contributed by atoms with Crippen LogP contribution in [0.3, 0.4) is 0 Å². The highest BCUT2D eigenvalue weighted by Crippen LogP contribution is 2.27. The zero-order valence-electron chi connectivity index (χ0n) is 12.1. The third-order valence-corrected chi connectivity index (χ3v) is 6.26. The molecule has 21 heavy (non-hydrogen) atoms. The van der Waals surface area contributed by atoms with Gasteiger partial charge in [0.05, 0.1) is 0 Å². The van der Waals surface area contributed by atoms with Crippen molar-refractivity contribution in [1.82, 2.24) is 13.6 Å². The van der Waals surface area contributed by atoms with Gasteiger partial charge in [0.1, 0.15) is 0 Å². The molecule has 1 aromatic rings. The number of nitrogens with zero attached hydrogens (tertiary/aromatic N) is 4. The lowest BCUT2D eigenvalue weighted by molar-refractivity contribution is 0.0690. The van der Waals surface area contributed by atoms with Gasteiger partial charge in [0.2, 0.25) is 0 Å². The summed E-state index contributed by atoms with van der Waals surface area (Å²) in [7, 11) is -0.383. The number of aromatic nitrogens is 1. The van der Waals surface area contributed by atoms with Crippen LogP contribution in [0.5, 0.6) is 0 Å². The van der Waals surface area contributed by atoms with Gasteiger partial charge in [-0.2, -0.15) is 17.0 Å². The van der Waals surface area contributed by atoms with E-state index in [1.807, 2.05) is 4.90 Å². The molecule has 1 aliphatic rings. The van der Waals surface area contributed by atoms with Gasteiger partial charge in [-0.15, -0.1) is 11.3 Å². The summed E-state index contributed by atoms with van der Waals surface area (Å²) in [5, 5.41) is 9.65. The minimum atomic E-state index is -3.39. The number of aromatic carboxylic acids is 1. The Labute approximate surface area is 127 Å². The second-order valence-electron chi connectivity index (χ2n) is 4.88. The molecule has 2 heterocycles. The fraction of sp³-hybridized carbons (Fsp3) is 0.636. The Morgan fingerprint density at radius 2 is 1.86 bits per heavy atom. The van der Waals surface area contributed by atoms with Crippen molar-refractivity contribution in [2.45, 2.75) is 6.92 Å². The molecule has 1 saturated heterocycles. The molecule has 0 spiro atoms. The highest BCUT2D eigenvalue weighted by molar-refractivity contribution is 7.86. The van der Waals surface area contributed by atoms with Crippen LogP contribution in [0, 0.1) is 6.92 Å². The molecule has 2 rings (SSSR count). The van der Waals surface area contributed by atoms with Crippen LogP contribution in [-0.4, -0.2) is 73.4 Å². The maximum Gasteiger partial charge on any atom is 0.355 e. The minimum Gasteiger partial charge on any atom is -0.476 e. The summed E-state index contributed by atoms with van der Waals surface area (Å²) in [5.74, 6) is -1.04. The van der Waals surface area contributed by atoms with Crippen molar-refractivity contribution in [3.05, 3.63) is 10.6 Å². The van der Waals surface area contributed by atoms with Crippen molar-refractivity contribution in [2.24, 2.45) is 0 Å². The van der Waals surface area contributed by atoms with Crippen LogP contribution < -0.4 is 4.90 Å². The summed E-state index contributed by atoms with van der Waals surface area (Å²) in [6.07, 6.45) is 0. The fourth-order valence-corrected chi connectivity index (χ4v) is 4.10. The normalized spacial score (nSPS) is 17.4. The lowest BCUT2D eigenvalue weighted by Crippen LogP contribution is -2.51. The number of hydrogen-bond donors (Lipinski definition) is 1. The molecule has 8 nitrogen and oxygen atoms in total. The lowest BCUT2D eigenvalue weighted by Gasteiger charge is -2.34. The van der Waals surface area contributed by atoms with Crippen molar-refractivity contribution in [2.75, 3.05) is 45.2 Å². The molecule has 1 fully saturated rings. The Kier molecular flexibility index (Phi) is 4.51. The van der Waals surface area contributed by atoms with Crippen molar-refractivity contribution in [1.29, 1.82) is 0 Å². The molecule has 0 atom stereocenters. The first-order valence-corrected chi connectivity index (χ1v) is 8.58. The van der Waals surface area contributed by atoms with E-state index in [1.165, 1.54) is 34.0 Å². The smallest absolute Gasteiger partial charge is 0.355 e. The van der Waals surface area contributed by atoms with Gasteiger partial charge < -0.3 is 10.0 Å². The van der Waals surface area contributed by atoms with Gasteiger partial charge >= 0.3 is 5.97 Å². The van der Waals surface area contributed by atoms with E-state index in [-0.39, 0.29) is 5.69 Å². The second kappa shape index (κ2) is 5.87. The van der Waals surface area contributed by atoms with E-state index in [4.69, 9.17) is 5.11 Å². The van der Waals surface area contributed by atoms with Gasteiger partial charge in [-0.1, -0.05) is 0 Å². The number of carboxylic acids is 1. The van der Waals surface area contributed by atoms with Crippen LogP contribution in [0.2, 0.25) is 0 Å². The fourth-order valence-electron chi connectivity index (χ4n) is 2.06. The van der Waals surface area contributed by atoms with Crippen LogP contribution in [0.1, 0.15) is 15.4 Å². The first-order chi connectivity index (χ1) is 9.73. The van der Waals surface area contributed by atoms with Crippen LogP contribution in [0.15, 0.2) is 0 Å². The van der Waals surface area contributed by atoms with Gasteiger partial charge in [-0.3, -0.25) is 0 Å². The van der Waals surface area contributed by atoms with Crippen LogP contribution in [-0.2, 0) is 10.2 Å². The van der Waals surface area contributed by atoms with Crippen LogP contribution >= 0.6 is 11.3 Å². The Morgan fingerprint density at radius 3 is 2.29 bits per heavy atom. The van der Waals surface area contributed by atoms with Crippen molar-refractivity contribution < 1.29 is 18.3 Å². The molecule has 0 bridgehead atoms. The minimum absolute atomic E-state index is 0.0679. The number of rotatable bonds is 4. The van der Waals surface area contributed by atoms with E-state index in [9.17, 15) is 13.2 Å². The molecule has 0 radical (unpaired) electrons. The zero-order valence-corrected chi connectivity index (χ0v) is 13.7. The summed E-state index contributed by atoms with van der Waals surface area (Å²) < 4.78 is 26.6. The predicted molar refractivity (Wildman–Crippen MR) is 80.2 cm³/mol. The number of thiazole rings is 1. The average molecular weight is 334 g/mol. The Balaban J connectivity index is 2.08. The second-order valence-corrected chi connectivity index (χ2v) is 8.21. The Hall–Kier alpha value is -1.23. The predicted octanol–water partition coefficient (Wildman–Crippen LogP) is 0.0781. The third kappa shape index (κ3) is 3.18. The maximum absolute atomic E-state index is 12.0. The molecule has 118 valence electrons. The number of carbonyl (C=O) groups is 1. The molecule has 1 aliphatic heterocycles. The number of carboxylic acid groups (broad SMARTS) is 1. The van der Waals surface area contributed by atoms with Gasteiger partial charge in [0.15, 0.2) is 10.8 Å². The largest absolute Gasteiger partial charge is 0.476 e. The number of hydrogen-bond acceptors (Lipinski definition) is 6. The quantitative estimate of drug-likeness (QED) is 0.838.